The summed E-state index contributed by atoms with van der Waals surface area (Å²) in [5.41, 5.74) is 0.794. The van der Waals surface area contributed by atoms with Crippen LogP contribution in [0, 0.1) is 0 Å². The smallest absolute Gasteiger partial charge is 0.329 e. The fourth-order valence-electron chi connectivity index (χ4n) is 1.60. The number of aliphatic carboxylic acids is 1. The Morgan fingerprint density at radius 1 is 1.67 bits per heavy atom. The SMILES string of the molecule is CN1c2cccc(Br)c2OCC1C(=O)O. The molecule has 4 nitrogen and oxygen atoms in total. The summed E-state index contributed by atoms with van der Waals surface area (Å²) >= 11 is 3.37. The number of nitrogens with zero attached hydrogens (tertiary/aromatic N) is 1. The first kappa shape index (κ1) is 10.3. The summed E-state index contributed by atoms with van der Waals surface area (Å²) in [4.78, 5) is 12.6. The molecule has 80 valence electrons. The van der Waals surface area contributed by atoms with Crippen molar-refractivity contribution in [1.29, 1.82) is 0 Å². The molecule has 1 aliphatic heterocycles. The Balaban J connectivity index is 2.42. The van der Waals surface area contributed by atoms with Gasteiger partial charge in [0.15, 0.2) is 11.8 Å². The largest absolute Gasteiger partial charge is 0.487 e. The number of benzene rings is 1. The topological polar surface area (TPSA) is 49.8 Å². The summed E-state index contributed by atoms with van der Waals surface area (Å²) in [6.45, 7) is 0.168. The normalized spacial score (nSPS) is 19.3. The van der Waals surface area contributed by atoms with E-state index in [1.165, 1.54) is 0 Å². The molecule has 1 unspecified atom stereocenters. The number of fused-ring (bicyclic) bond motifs is 1. The average Bonchev–Trinajstić information content (AvgIpc) is 2.19. The highest BCUT2D eigenvalue weighted by Gasteiger charge is 2.30. The maximum Gasteiger partial charge on any atom is 0.329 e. The van der Waals surface area contributed by atoms with Gasteiger partial charge in [0.25, 0.3) is 0 Å². The average molecular weight is 272 g/mol. The molecule has 1 aliphatic rings. The van der Waals surface area contributed by atoms with Gasteiger partial charge in [-0.1, -0.05) is 6.07 Å². The molecule has 1 aromatic rings. The number of anilines is 1. The third-order valence-electron chi connectivity index (χ3n) is 2.46. The van der Waals surface area contributed by atoms with Crippen LogP contribution in [0.15, 0.2) is 22.7 Å². The molecule has 5 heteroatoms. The third-order valence-corrected chi connectivity index (χ3v) is 3.09. The number of carbonyl (C=O) groups is 1. The number of rotatable bonds is 1. The van der Waals surface area contributed by atoms with Gasteiger partial charge < -0.3 is 14.7 Å². The molecule has 1 N–H and O–H groups in total. The quantitative estimate of drug-likeness (QED) is 0.845. The van der Waals surface area contributed by atoms with E-state index in [1.54, 1.807) is 11.9 Å². The van der Waals surface area contributed by atoms with Crippen molar-refractivity contribution in [3.8, 4) is 5.75 Å². The molecule has 2 rings (SSSR count). The zero-order valence-corrected chi connectivity index (χ0v) is 9.69. The molecule has 0 aromatic heterocycles. The Hall–Kier alpha value is -1.23. The van der Waals surface area contributed by atoms with Crippen LogP contribution in [-0.2, 0) is 4.79 Å². The Labute approximate surface area is 95.6 Å². The van der Waals surface area contributed by atoms with Crippen LogP contribution in [0.25, 0.3) is 0 Å². The lowest BCUT2D eigenvalue weighted by molar-refractivity contribution is -0.139. The molecule has 1 aromatic carbocycles. The van der Waals surface area contributed by atoms with Crippen LogP contribution >= 0.6 is 15.9 Å². The van der Waals surface area contributed by atoms with Crippen LogP contribution in [0.3, 0.4) is 0 Å². The van der Waals surface area contributed by atoms with Crippen LogP contribution in [0.5, 0.6) is 5.75 Å². The van der Waals surface area contributed by atoms with Crippen molar-refractivity contribution >= 4 is 27.6 Å². The Morgan fingerprint density at radius 3 is 3.07 bits per heavy atom. The molecule has 0 bridgehead atoms. The second kappa shape index (κ2) is 3.73. The molecule has 1 heterocycles. The molecule has 15 heavy (non-hydrogen) atoms. The van der Waals surface area contributed by atoms with Gasteiger partial charge >= 0.3 is 5.97 Å². The molecule has 0 fully saturated rings. The van der Waals surface area contributed by atoms with Crippen molar-refractivity contribution < 1.29 is 14.6 Å². The van der Waals surface area contributed by atoms with Gasteiger partial charge in [0.2, 0.25) is 0 Å². The lowest BCUT2D eigenvalue weighted by Gasteiger charge is -2.33. The van der Waals surface area contributed by atoms with Gasteiger partial charge in [-0.2, -0.15) is 0 Å². The summed E-state index contributed by atoms with van der Waals surface area (Å²) in [6.07, 6.45) is 0. The summed E-state index contributed by atoms with van der Waals surface area (Å²) in [6, 6.07) is 4.95. The van der Waals surface area contributed by atoms with Gasteiger partial charge in [0, 0.05) is 7.05 Å². The predicted molar refractivity (Wildman–Crippen MR) is 59.5 cm³/mol. The number of halogens is 1. The minimum atomic E-state index is -0.872. The predicted octanol–water partition coefficient (Wildman–Crippen LogP) is 1.73. The van der Waals surface area contributed by atoms with Crippen LogP contribution in [0.2, 0.25) is 0 Å². The third kappa shape index (κ3) is 1.67. The second-order valence-corrected chi connectivity index (χ2v) is 4.22. The van der Waals surface area contributed by atoms with Crippen LogP contribution in [0.1, 0.15) is 0 Å². The van der Waals surface area contributed by atoms with Crippen molar-refractivity contribution in [2.45, 2.75) is 6.04 Å². The first-order valence-electron chi connectivity index (χ1n) is 4.48. The molecule has 0 saturated carbocycles. The van der Waals surface area contributed by atoms with Gasteiger partial charge in [0.05, 0.1) is 10.2 Å². The van der Waals surface area contributed by atoms with E-state index in [1.807, 2.05) is 18.2 Å². The first-order chi connectivity index (χ1) is 7.11. The van der Waals surface area contributed by atoms with Gasteiger partial charge in [0.1, 0.15) is 6.61 Å². The molecule has 0 radical (unpaired) electrons. The molecule has 0 saturated heterocycles. The van der Waals surface area contributed by atoms with Gasteiger partial charge in [-0.05, 0) is 28.1 Å². The summed E-state index contributed by atoms with van der Waals surface area (Å²) in [7, 11) is 1.76. The van der Waals surface area contributed by atoms with Gasteiger partial charge in [-0.3, -0.25) is 0 Å². The van der Waals surface area contributed by atoms with E-state index in [2.05, 4.69) is 15.9 Å². The Bertz CT molecular complexity index is 408. The Kier molecular flexibility index (Phi) is 2.56. The maximum atomic E-state index is 10.9. The summed E-state index contributed by atoms with van der Waals surface area (Å²) in [5.74, 6) is -0.166. The molecule has 0 amide bonds. The van der Waals surface area contributed by atoms with E-state index in [0.29, 0.717) is 5.75 Å². The highest BCUT2D eigenvalue weighted by molar-refractivity contribution is 9.10. The highest BCUT2D eigenvalue weighted by Crippen LogP contribution is 2.38. The van der Waals surface area contributed by atoms with E-state index >= 15 is 0 Å². The number of ether oxygens (including phenoxy) is 1. The minimum absolute atomic E-state index is 0.168. The minimum Gasteiger partial charge on any atom is -0.487 e. The lowest BCUT2D eigenvalue weighted by Crippen LogP contribution is -2.45. The van der Waals surface area contributed by atoms with Crippen molar-refractivity contribution in [3.05, 3.63) is 22.7 Å². The maximum absolute atomic E-state index is 10.9. The molecule has 0 spiro atoms. The fraction of sp³-hybridized carbons (Fsp3) is 0.300. The molecule has 0 aliphatic carbocycles. The van der Waals surface area contributed by atoms with E-state index in [9.17, 15) is 4.79 Å². The van der Waals surface area contributed by atoms with Gasteiger partial charge in [-0.25, -0.2) is 4.79 Å². The second-order valence-electron chi connectivity index (χ2n) is 3.36. The zero-order chi connectivity index (χ0) is 11.0. The Morgan fingerprint density at radius 2 is 2.40 bits per heavy atom. The number of hydrogen-bond donors (Lipinski definition) is 1. The molecular formula is C10H10BrNO3. The molecule has 1 atom stereocenters. The summed E-state index contributed by atoms with van der Waals surface area (Å²) in [5, 5.41) is 8.97. The van der Waals surface area contributed by atoms with E-state index in [0.717, 1.165) is 10.2 Å². The monoisotopic (exact) mass is 271 g/mol. The molecular weight excluding hydrogens is 262 g/mol. The van der Waals surface area contributed by atoms with E-state index < -0.39 is 12.0 Å². The number of hydrogen-bond acceptors (Lipinski definition) is 3. The first-order valence-corrected chi connectivity index (χ1v) is 5.27. The van der Waals surface area contributed by atoms with Crippen molar-refractivity contribution in [3.63, 3.8) is 0 Å². The zero-order valence-electron chi connectivity index (χ0n) is 8.11. The lowest BCUT2D eigenvalue weighted by atomic mass is 10.2. The number of carboxylic acid groups (broad SMARTS) is 1. The van der Waals surface area contributed by atoms with Crippen molar-refractivity contribution in [2.75, 3.05) is 18.6 Å². The summed E-state index contributed by atoms with van der Waals surface area (Å²) < 4.78 is 6.27. The van der Waals surface area contributed by atoms with E-state index in [4.69, 9.17) is 9.84 Å². The standard InChI is InChI=1S/C10H10BrNO3/c1-12-7-4-2-3-6(11)9(7)15-5-8(12)10(13)14/h2-4,8H,5H2,1H3,(H,13,14). The highest BCUT2D eigenvalue weighted by atomic mass is 79.9. The fourth-order valence-corrected chi connectivity index (χ4v) is 2.07. The van der Waals surface area contributed by atoms with Crippen molar-refractivity contribution in [2.24, 2.45) is 0 Å². The van der Waals surface area contributed by atoms with E-state index in [-0.39, 0.29) is 6.61 Å². The van der Waals surface area contributed by atoms with Crippen LogP contribution in [0.4, 0.5) is 5.69 Å². The van der Waals surface area contributed by atoms with Gasteiger partial charge in [-0.15, -0.1) is 0 Å². The van der Waals surface area contributed by atoms with Crippen molar-refractivity contribution in [1.82, 2.24) is 0 Å². The number of carboxylic acids is 1. The number of para-hydroxylation sites is 1. The van der Waals surface area contributed by atoms with Crippen LogP contribution in [-0.4, -0.2) is 30.8 Å². The van der Waals surface area contributed by atoms with Crippen LogP contribution < -0.4 is 9.64 Å². The number of likely N-dealkylation sites (N-methyl/N-ethyl adjacent to an activating group) is 1.